The molecule has 25 heavy (non-hydrogen) atoms. The Morgan fingerprint density at radius 1 is 1.12 bits per heavy atom. The van der Waals surface area contributed by atoms with Crippen LogP contribution in [-0.4, -0.2) is 36.9 Å². The quantitative estimate of drug-likeness (QED) is 0.822. The molecule has 4 nitrogen and oxygen atoms in total. The topological polar surface area (TPSA) is 49.4 Å². The number of carbonyl (C=O) groups excluding carboxylic acids is 2. The van der Waals surface area contributed by atoms with Gasteiger partial charge in [0.1, 0.15) is 11.9 Å². The molecule has 2 aromatic rings. The lowest BCUT2D eigenvalue weighted by atomic mass is 10.0. The zero-order valence-corrected chi connectivity index (χ0v) is 14.3. The van der Waals surface area contributed by atoms with Crippen molar-refractivity contribution in [2.75, 3.05) is 14.1 Å². The summed E-state index contributed by atoms with van der Waals surface area (Å²) in [5.74, 6) is -0.955. The third-order valence-electron chi connectivity index (χ3n) is 3.61. The van der Waals surface area contributed by atoms with Crippen molar-refractivity contribution >= 4 is 17.9 Å². The predicted octanol–water partition coefficient (Wildman–Crippen LogP) is 2.65. The van der Waals surface area contributed by atoms with Crippen molar-refractivity contribution in [2.24, 2.45) is 0 Å². The molecule has 1 unspecified atom stereocenters. The average molecular weight is 340 g/mol. The molecule has 2 rings (SSSR count). The van der Waals surface area contributed by atoms with Crippen molar-refractivity contribution in [3.63, 3.8) is 0 Å². The van der Waals surface area contributed by atoms with Crippen LogP contribution < -0.4 is 5.32 Å². The molecule has 0 fully saturated rings. The first-order valence-electron chi connectivity index (χ1n) is 7.95. The summed E-state index contributed by atoms with van der Waals surface area (Å²) in [4.78, 5) is 26.0. The van der Waals surface area contributed by atoms with Gasteiger partial charge in [-0.15, -0.1) is 0 Å². The fourth-order valence-corrected chi connectivity index (χ4v) is 2.36. The third-order valence-corrected chi connectivity index (χ3v) is 3.61. The largest absolute Gasteiger partial charge is 0.347 e. The highest BCUT2D eigenvalue weighted by molar-refractivity contribution is 5.95. The van der Waals surface area contributed by atoms with E-state index in [2.05, 4.69) is 5.32 Å². The zero-order chi connectivity index (χ0) is 18.2. The Morgan fingerprint density at radius 2 is 1.84 bits per heavy atom. The van der Waals surface area contributed by atoms with E-state index in [9.17, 15) is 14.0 Å². The first kappa shape index (κ1) is 18.4. The molecule has 1 atom stereocenters. The monoisotopic (exact) mass is 340 g/mol. The third kappa shape index (κ3) is 5.88. The van der Waals surface area contributed by atoms with Gasteiger partial charge in [0.2, 0.25) is 11.8 Å². The van der Waals surface area contributed by atoms with Crippen LogP contribution in [0.2, 0.25) is 0 Å². The maximum absolute atomic E-state index is 13.2. The second-order valence-corrected chi connectivity index (χ2v) is 5.87. The molecule has 0 aliphatic carbocycles. The van der Waals surface area contributed by atoms with Crippen LogP contribution in [0.3, 0.4) is 0 Å². The van der Waals surface area contributed by atoms with Crippen LogP contribution in [0.5, 0.6) is 0 Å². The molecule has 0 aliphatic heterocycles. The number of nitrogens with zero attached hydrogens (tertiary/aromatic N) is 1. The number of hydrogen-bond acceptors (Lipinski definition) is 2. The van der Waals surface area contributed by atoms with Crippen molar-refractivity contribution in [2.45, 2.75) is 12.5 Å². The molecule has 2 aromatic carbocycles. The minimum absolute atomic E-state index is 0.184. The Morgan fingerprint density at radius 3 is 2.48 bits per heavy atom. The Hall–Kier alpha value is -2.95. The van der Waals surface area contributed by atoms with Crippen LogP contribution in [0.25, 0.3) is 6.08 Å². The first-order valence-corrected chi connectivity index (χ1v) is 7.95. The van der Waals surface area contributed by atoms with Gasteiger partial charge >= 0.3 is 0 Å². The highest BCUT2D eigenvalue weighted by Crippen LogP contribution is 2.07. The van der Waals surface area contributed by atoms with E-state index >= 15 is 0 Å². The Kier molecular flexibility index (Phi) is 6.46. The highest BCUT2D eigenvalue weighted by Gasteiger charge is 2.21. The van der Waals surface area contributed by atoms with Crippen molar-refractivity contribution in [3.8, 4) is 0 Å². The molecule has 0 radical (unpaired) electrons. The minimum Gasteiger partial charge on any atom is -0.347 e. The van der Waals surface area contributed by atoms with E-state index in [0.29, 0.717) is 12.0 Å². The predicted molar refractivity (Wildman–Crippen MR) is 96.2 cm³/mol. The van der Waals surface area contributed by atoms with Crippen molar-refractivity contribution < 1.29 is 14.0 Å². The fourth-order valence-electron chi connectivity index (χ4n) is 2.36. The number of halogens is 1. The summed E-state index contributed by atoms with van der Waals surface area (Å²) in [5.41, 5.74) is 1.53. The normalized spacial score (nSPS) is 12.0. The number of nitrogens with one attached hydrogen (secondary N) is 1. The smallest absolute Gasteiger partial charge is 0.244 e. The van der Waals surface area contributed by atoms with Crippen LogP contribution in [-0.2, 0) is 16.0 Å². The first-order chi connectivity index (χ1) is 12.0. The summed E-state index contributed by atoms with van der Waals surface area (Å²) in [6.07, 6.45) is 3.21. The van der Waals surface area contributed by atoms with Gasteiger partial charge in [-0.05, 0) is 29.3 Å². The molecule has 0 bridgehead atoms. The van der Waals surface area contributed by atoms with Crippen molar-refractivity contribution in [3.05, 3.63) is 77.6 Å². The van der Waals surface area contributed by atoms with Crippen molar-refractivity contribution in [1.29, 1.82) is 0 Å². The summed E-state index contributed by atoms with van der Waals surface area (Å²) in [7, 11) is 3.30. The van der Waals surface area contributed by atoms with E-state index in [1.165, 1.54) is 29.2 Å². The van der Waals surface area contributed by atoms with E-state index in [-0.39, 0.29) is 11.7 Å². The summed E-state index contributed by atoms with van der Waals surface area (Å²) >= 11 is 0. The number of carbonyl (C=O) groups is 2. The van der Waals surface area contributed by atoms with E-state index < -0.39 is 11.9 Å². The molecule has 0 spiro atoms. The van der Waals surface area contributed by atoms with E-state index in [1.54, 1.807) is 26.2 Å². The minimum atomic E-state index is -0.665. The van der Waals surface area contributed by atoms with Gasteiger partial charge in [0, 0.05) is 26.6 Å². The summed E-state index contributed by atoms with van der Waals surface area (Å²) < 4.78 is 13.2. The van der Waals surface area contributed by atoms with Gasteiger partial charge in [0.15, 0.2) is 0 Å². The van der Waals surface area contributed by atoms with Crippen LogP contribution in [0, 0.1) is 5.82 Å². The average Bonchev–Trinajstić information content (AvgIpc) is 2.59. The molecule has 2 amide bonds. The lowest BCUT2D eigenvalue weighted by Gasteiger charge is -2.21. The van der Waals surface area contributed by atoms with Gasteiger partial charge in [-0.3, -0.25) is 9.59 Å². The van der Waals surface area contributed by atoms with Gasteiger partial charge in [-0.1, -0.05) is 42.5 Å². The molecule has 0 aromatic heterocycles. The molecule has 0 saturated carbocycles. The highest BCUT2D eigenvalue weighted by atomic mass is 19.1. The molecule has 1 N–H and O–H groups in total. The van der Waals surface area contributed by atoms with Crippen molar-refractivity contribution in [1.82, 2.24) is 10.2 Å². The second-order valence-electron chi connectivity index (χ2n) is 5.87. The molecule has 0 heterocycles. The SMILES string of the molecule is CN(C)C(=O)C(Cc1ccccc1)NC(=O)C=Cc1cccc(F)c1. The molecule has 0 saturated heterocycles. The Labute approximate surface area is 147 Å². The lowest BCUT2D eigenvalue weighted by Crippen LogP contribution is -2.47. The van der Waals surface area contributed by atoms with Gasteiger partial charge in [-0.25, -0.2) is 4.39 Å². The van der Waals surface area contributed by atoms with Crippen LogP contribution in [0.15, 0.2) is 60.7 Å². The van der Waals surface area contributed by atoms with Crippen LogP contribution in [0.1, 0.15) is 11.1 Å². The van der Waals surface area contributed by atoms with Crippen LogP contribution >= 0.6 is 0 Å². The Bertz CT molecular complexity index is 757. The fraction of sp³-hybridized carbons (Fsp3) is 0.200. The number of rotatable bonds is 6. The van der Waals surface area contributed by atoms with Gasteiger partial charge in [0.25, 0.3) is 0 Å². The number of likely N-dealkylation sites (N-methyl/N-ethyl adjacent to an activating group) is 1. The second kappa shape index (κ2) is 8.78. The van der Waals surface area contributed by atoms with E-state index in [1.807, 2.05) is 30.3 Å². The maximum Gasteiger partial charge on any atom is 0.244 e. The lowest BCUT2D eigenvalue weighted by molar-refractivity contribution is -0.133. The standard InChI is InChI=1S/C20H21FN2O2/c1-23(2)20(25)18(14-15-7-4-3-5-8-15)22-19(24)12-11-16-9-6-10-17(21)13-16/h3-13,18H,14H2,1-2H3,(H,22,24). The summed E-state index contributed by atoms with van der Waals surface area (Å²) in [6.45, 7) is 0. The zero-order valence-electron chi connectivity index (χ0n) is 14.3. The number of benzene rings is 2. The molecular formula is C20H21FN2O2. The maximum atomic E-state index is 13.2. The summed E-state index contributed by atoms with van der Waals surface area (Å²) in [5, 5.41) is 2.72. The Balaban J connectivity index is 2.07. The number of amides is 2. The van der Waals surface area contributed by atoms with Gasteiger partial charge < -0.3 is 10.2 Å². The molecule has 5 heteroatoms. The number of hydrogen-bond donors (Lipinski definition) is 1. The van der Waals surface area contributed by atoms with Gasteiger partial charge in [-0.2, -0.15) is 0 Å². The molecular weight excluding hydrogens is 319 g/mol. The molecule has 0 aliphatic rings. The van der Waals surface area contributed by atoms with Crippen LogP contribution in [0.4, 0.5) is 4.39 Å². The van der Waals surface area contributed by atoms with E-state index in [0.717, 1.165) is 5.56 Å². The molecule has 130 valence electrons. The van der Waals surface area contributed by atoms with E-state index in [4.69, 9.17) is 0 Å². The van der Waals surface area contributed by atoms with Gasteiger partial charge in [0.05, 0.1) is 0 Å². The summed E-state index contributed by atoms with van der Waals surface area (Å²) in [6, 6.07) is 14.7.